The number of hydrogen-bond acceptors (Lipinski definition) is 5. The SMILES string of the molecule is Cc1cccc(NC(=O)NCCNc2cc(-n3cnc(C)c3C)ncn2)c1. The van der Waals surface area contributed by atoms with E-state index >= 15 is 0 Å². The Bertz CT molecular complexity index is 935. The number of anilines is 2. The molecule has 0 aliphatic carbocycles. The van der Waals surface area contributed by atoms with E-state index in [4.69, 9.17) is 0 Å². The summed E-state index contributed by atoms with van der Waals surface area (Å²) in [5.41, 5.74) is 3.87. The third kappa shape index (κ3) is 4.81. The van der Waals surface area contributed by atoms with Crippen LogP contribution in [-0.2, 0) is 0 Å². The summed E-state index contributed by atoms with van der Waals surface area (Å²) in [5.74, 6) is 1.43. The molecule has 3 rings (SSSR count). The summed E-state index contributed by atoms with van der Waals surface area (Å²) in [6.07, 6.45) is 3.25. The first kappa shape index (κ1) is 18.4. The molecule has 140 valence electrons. The highest BCUT2D eigenvalue weighted by Gasteiger charge is 2.07. The van der Waals surface area contributed by atoms with Crippen LogP contribution in [0.1, 0.15) is 17.0 Å². The molecule has 2 amide bonds. The van der Waals surface area contributed by atoms with Gasteiger partial charge < -0.3 is 16.0 Å². The van der Waals surface area contributed by atoms with Gasteiger partial charge in [0.2, 0.25) is 0 Å². The van der Waals surface area contributed by atoms with Gasteiger partial charge in [0.25, 0.3) is 0 Å². The van der Waals surface area contributed by atoms with E-state index in [1.807, 2.05) is 55.7 Å². The van der Waals surface area contributed by atoms with Crippen molar-refractivity contribution in [3.8, 4) is 5.82 Å². The van der Waals surface area contributed by atoms with Crippen LogP contribution in [0, 0.1) is 20.8 Å². The zero-order chi connectivity index (χ0) is 19.2. The number of imidazole rings is 1. The molecule has 2 heterocycles. The number of rotatable bonds is 6. The molecule has 1 aromatic carbocycles. The van der Waals surface area contributed by atoms with Crippen molar-refractivity contribution < 1.29 is 4.79 Å². The lowest BCUT2D eigenvalue weighted by Crippen LogP contribution is -2.32. The minimum atomic E-state index is -0.240. The predicted molar refractivity (Wildman–Crippen MR) is 105 cm³/mol. The summed E-state index contributed by atoms with van der Waals surface area (Å²) < 4.78 is 1.91. The largest absolute Gasteiger partial charge is 0.368 e. The highest BCUT2D eigenvalue weighted by Crippen LogP contribution is 2.13. The maximum absolute atomic E-state index is 11.9. The molecule has 0 radical (unpaired) electrons. The van der Waals surface area contributed by atoms with Gasteiger partial charge in [0.05, 0.1) is 5.69 Å². The Labute approximate surface area is 158 Å². The first-order valence-electron chi connectivity index (χ1n) is 8.71. The van der Waals surface area contributed by atoms with Crippen molar-refractivity contribution in [2.24, 2.45) is 0 Å². The first-order chi connectivity index (χ1) is 13.0. The van der Waals surface area contributed by atoms with E-state index in [0.717, 1.165) is 28.5 Å². The molecule has 0 aliphatic rings. The zero-order valence-electron chi connectivity index (χ0n) is 15.7. The number of carbonyl (C=O) groups excluding carboxylic acids is 1. The van der Waals surface area contributed by atoms with Crippen LogP contribution in [0.25, 0.3) is 5.82 Å². The molecule has 0 saturated heterocycles. The van der Waals surface area contributed by atoms with E-state index in [1.54, 1.807) is 6.33 Å². The van der Waals surface area contributed by atoms with Gasteiger partial charge in [0, 0.05) is 30.5 Å². The standard InChI is InChI=1S/C19H23N7O/c1-13-5-4-6-16(9-13)25-19(27)21-8-7-20-17-10-18(23-11-22-17)26-12-24-14(2)15(26)3/h4-6,9-12H,7-8H2,1-3H3,(H,20,22,23)(H2,21,25,27). The van der Waals surface area contributed by atoms with Crippen molar-refractivity contribution in [1.82, 2.24) is 24.8 Å². The van der Waals surface area contributed by atoms with Crippen molar-refractivity contribution in [2.75, 3.05) is 23.7 Å². The van der Waals surface area contributed by atoms with Gasteiger partial charge in [-0.25, -0.2) is 19.7 Å². The van der Waals surface area contributed by atoms with Crippen LogP contribution < -0.4 is 16.0 Å². The number of aryl methyl sites for hydroxylation is 2. The molecule has 8 heteroatoms. The molecule has 27 heavy (non-hydrogen) atoms. The van der Waals surface area contributed by atoms with E-state index < -0.39 is 0 Å². The summed E-state index contributed by atoms with van der Waals surface area (Å²) in [6, 6.07) is 9.27. The molecular formula is C19H23N7O. The van der Waals surface area contributed by atoms with Gasteiger partial charge in [-0.2, -0.15) is 0 Å². The second kappa shape index (κ2) is 8.31. The smallest absolute Gasteiger partial charge is 0.319 e. The third-order valence-corrected chi connectivity index (χ3v) is 4.14. The Morgan fingerprint density at radius 3 is 2.67 bits per heavy atom. The topological polar surface area (TPSA) is 96.8 Å². The number of carbonyl (C=O) groups is 1. The van der Waals surface area contributed by atoms with Crippen molar-refractivity contribution >= 4 is 17.5 Å². The summed E-state index contributed by atoms with van der Waals surface area (Å²) >= 11 is 0. The molecule has 0 saturated carbocycles. The fourth-order valence-corrected chi connectivity index (χ4v) is 2.57. The lowest BCUT2D eigenvalue weighted by Gasteiger charge is -2.10. The lowest BCUT2D eigenvalue weighted by molar-refractivity contribution is 0.252. The highest BCUT2D eigenvalue weighted by atomic mass is 16.2. The summed E-state index contributed by atoms with van der Waals surface area (Å²) in [7, 11) is 0. The van der Waals surface area contributed by atoms with Crippen molar-refractivity contribution in [2.45, 2.75) is 20.8 Å². The van der Waals surface area contributed by atoms with E-state index in [9.17, 15) is 4.79 Å². The molecule has 0 unspecified atom stereocenters. The highest BCUT2D eigenvalue weighted by molar-refractivity contribution is 5.89. The maximum Gasteiger partial charge on any atom is 0.319 e. The van der Waals surface area contributed by atoms with Crippen LogP contribution in [0.15, 0.2) is 43.0 Å². The zero-order valence-corrected chi connectivity index (χ0v) is 15.7. The minimum Gasteiger partial charge on any atom is -0.368 e. The van der Waals surface area contributed by atoms with Crippen molar-refractivity contribution in [1.29, 1.82) is 0 Å². The molecule has 8 nitrogen and oxygen atoms in total. The summed E-state index contributed by atoms with van der Waals surface area (Å²) in [5, 5.41) is 8.80. The second-order valence-electron chi connectivity index (χ2n) is 6.22. The van der Waals surface area contributed by atoms with Gasteiger partial charge in [0.15, 0.2) is 0 Å². The number of hydrogen-bond donors (Lipinski definition) is 3. The minimum absolute atomic E-state index is 0.240. The Morgan fingerprint density at radius 2 is 1.93 bits per heavy atom. The number of nitrogens with zero attached hydrogens (tertiary/aromatic N) is 4. The Hall–Kier alpha value is -3.42. The van der Waals surface area contributed by atoms with Crippen LogP contribution in [-0.4, -0.2) is 38.6 Å². The van der Waals surface area contributed by atoms with Crippen LogP contribution >= 0.6 is 0 Å². The fraction of sp³-hybridized carbons (Fsp3) is 0.263. The molecule has 3 aromatic rings. The van der Waals surface area contributed by atoms with Crippen molar-refractivity contribution in [3.63, 3.8) is 0 Å². The van der Waals surface area contributed by atoms with Crippen LogP contribution in [0.5, 0.6) is 0 Å². The number of benzene rings is 1. The molecule has 3 N–H and O–H groups in total. The molecule has 0 bridgehead atoms. The molecule has 0 spiro atoms. The third-order valence-electron chi connectivity index (χ3n) is 4.14. The average Bonchev–Trinajstić information content (AvgIpc) is 2.98. The van der Waals surface area contributed by atoms with E-state index in [0.29, 0.717) is 18.9 Å². The molecular weight excluding hydrogens is 342 g/mol. The van der Waals surface area contributed by atoms with Crippen LogP contribution in [0.2, 0.25) is 0 Å². The molecule has 0 atom stereocenters. The number of amides is 2. The normalized spacial score (nSPS) is 10.5. The van der Waals surface area contributed by atoms with Gasteiger partial charge in [-0.05, 0) is 38.5 Å². The van der Waals surface area contributed by atoms with Gasteiger partial charge in [-0.15, -0.1) is 0 Å². The monoisotopic (exact) mass is 365 g/mol. The van der Waals surface area contributed by atoms with Crippen molar-refractivity contribution in [3.05, 3.63) is 59.9 Å². The van der Waals surface area contributed by atoms with E-state index in [2.05, 4.69) is 30.9 Å². The number of urea groups is 1. The Balaban J connectivity index is 1.49. The molecule has 0 fully saturated rings. The fourth-order valence-electron chi connectivity index (χ4n) is 2.57. The van der Waals surface area contributed by atoms with Gasteiger partial charge in [0.1, 0.15) is 24.3 Å². The number of aromatic nitrogens is 4. The summed E-state index contributed by atoms with van der Waals surface area (Å²) in [4.78, 5) is 24.7. The lowest BCUT2D eigenvalue weighted by atomic mass is 10.2. The maximum atomic E-state index is 11.9. The average molecular weight is 365 g/mol. The quantitative estimate of drug-likeness (QED) is 0.584. The first-order valence-corrected chi connectivity index (χ1v) is 8.71. The second-order valence-corrected chi connectivity index (χ2v) is 6.22. The van der Waals surface area contributed by atoms with Gasteiger partial charge in [-0.3, -0.25) is 4.57 Å². The predicted octanol–water partition coefficient (Wildman–Crippen LogP) is 2.82. The van der Waals surface area contributed by atoms with Crippen LogP contribution in [0.4, 0.5) is 16.3 Å². The van der Waals surface area contributed by atoms with E-state index in [1.165, 1.54) is 6.33 Å². The summed E-state index contributed by atoms with van der Waals surface area (Å²) in [6.45, 7) is 6.93. The van der Waals surface area contributed by atoms with Gasteiger partial charge in [-0.1, -0.05) is 12.1 Å². The van der Waals surface area contributed by atoms with E-state index in [-0.39, 0.29) is 6.03 Å². The Morgan fingerprint density at radius 1 is 1.07 bits per heavy atom. The van der Waals surface area contributed by atoms with Gasteiger partial charge >= 0.3 is 6.03 Å². The Kier molecular flexibility index (Phi) is 5.65. The number of nitrogens with one attached hydrogen (secondary N) is 3. The molecule has 2 aromatic heterocycles. The molecule has 0 aliphatic heterocycles. The van der Waals surface area contributed by atoms with Crippen LogP contribution in [0.3, 0.4) is 0 Å².